The molecule has 2 N–H and O–H groups in total. The molecule has 0 aliphatic carbocycles. The average Bonchev–Trinajstić information content (AvgIpc) is 2.71. The van der Waals surface area contributed by atoms with Crippen molar-refractivity contribution in [3.05, 3.63) is 12.2 Å². The Morgan fingerprint density at radius 1 is 0.618 bits per heavy atom. The molecule has 0 atom stereocenters. The first kappa shape index (κ1) is 33.5. The van der Waals surface area contributed by atoms with Gasteiger partial charge in [-0.3, -0.25) is 0 Å². The normalized spacial score (nSPS) is 13.5. The topological polar surface area (TPSA) is 61.0 Å². The predicted molar refractivity (Wildman–Crippen MR) is 145 cm³/mol. The lowest BCUT2D eigenvalue weighted by molar-refractivity contribution is 0.0355. The molecule has 0 fully saturated rings. The van der Waals surface area contributed by atoms with Crippen LogP contribution in [0.25, 0.3) is 0 Å². The van der Waals surface area contributed by atoms with Crippen molar-refractivity contribution in [1.82, 2.24) is 10.6 Å². The van der Waals surface area contributed by atoms with E-state index in [0.29, 0.717) is 39.0 Å². The smallest absolute Gasteiger partial charge is 0.0701 e. The summed E-state index contributed by atoms with van der Waals surface area (Å²) in [5.41, 5.74) is 0.496. The third-order valence-electron chi connectivity index (χ3n) is 5.52. The third kappa shape index (κ3) is 24.6. The Morgan fingerprint density at radius 3 is 1.79 bits per heavy atom. The summed E-state index contributed by atoms with van der Waals surface area (Å²) >= 11 is 0. The molecule has 0 aromatic rings. The molecule has 0 spiro atoms. The highest BCUT2D eigenvalue weighted by molar-refractivity contribution is 4.83. The Morgan fingerprint density at radius 2 is 1.18 bits per heavy atom. The standard InChI is InChI=1S/C28H58N2O4/c1-25(2)24-34-18-11-10-17-31-21-16-30-28(8,9)13-12-27(6,7)14-19-32-22-23-33-20-15-29-26(3,4)5/h10-11,25,29-30H,12-24H2,1-9H3/b11-10-. The van der Waals surface area contributed by atoms with E-state index in [2.05, 4.69) is 72.9 Å². The van der Waals surface area contributed by atoms with Crippen LogP contribution < -0.4 is 10.6 Å². The number of nitrogens with one attached hydrogen (secondary N) is 2. The zero-order valence-corrected chi connectivity index (χ0v) is 24.1. The SMILES string of the molecule is CC(C)COC/C=C\COCCNC(C)(C)CCC(C)(C)CCOCCOCCNC(C)(C)C. The molecule has 0 radical (unpaired) electrons. The van der Waals surface area contributed by atoms with Gasteiger partial charge in [-0.05, 0) is 65.2 Å². The van der Waals surface area contributed by atoms with Gasteiger partial charge < -0.3 is 29.6 Å². The molecule has 0 saturated carbocycles. The maximum atomic E-state index is 5.80. The summed E-state index contributed by atoms with van der Waals surface area (Å²) in [5, 5.41) is 7.06. The lowest BCUT2D eigenvalue weighted by Crippen LogP contribution is -2.42. The van der Waals surface area contributed by atoms with Crippen molar-refractivity contribution in [2.75, 3.05) is 65.9 Å². The van der Waals surface area contributed by atoms with E-state index in [1.165, 1.54) is 0 Å². The van der Waals surface area contributed by atoms with Crippen molar-refractivity contribution in [1.29, 1.82) is 0 Å². The van der Waals surface area contributed by atoms with E-state index in [0.717, 1.165) is 52.2 Å². The molecule has 6 nitrogen and oxygen atoms in total. The molecule has 0 rings (SSSR count). The van der Waals surface area contributed by atoms with E-state index >= 15 is 0 Å². The molecule has 0 aliphatic rings. The van der Waals surface area contributed by atoms with Crippen molar-refractivity contribution >= 4 is 0 Å². The molecule has 34 heavy (non-hydrogen) atoms. The van der Waals surface area contributed by atoms with Gasteiger partial charge in [-0.1, -0.05) is 39.8 Å². The summed E-state index contributed by atoms with van der Waals surface area (Å²) in [7, 11) is 0. The minimum Gasteiger partial charge on any atom is -0.379 e. The van der Waals surface area contributed by atoms with Gasteiger partial charge in [0.25, 0.3) is 0 Å². The van der Waals surface area contributed by atoms with Gasteiger partial charge in [0.1, 0.15) is 0 Å². The Balaban J connectivity index is 3.73. The van der Waals surface area contributed by atoms with E-state index in [1.807, 2.05) is 12.2 Å². The van der Waals surface area contributed by atoms with Gasteiger partial charge in [0, 0.05) is 37.4 Å². The van der Waals surface area contributed by atoms with Crippen LogP contribution in [0.2, 0.25) is 0 Å². The number of rotatable bonds is 22. The highest BCUT2D eigenvalue weighted by atomic mass is 16.5. The van der Waals surface area contributed by atoms with Crippen LogP contribution in [0.3, 0.4) is 0 Å². The predicted octanol–water partition coefficient (Wildman–Crippen LogP) is 5.22. The molecule has 0 aromatic heterocycles. The molecule has 0 aliphatic heterocycles. The summed E-state index contributed by atoms with van der Waals surface area (Å²) in [6, 6.07) is 0. The molecule has 0 unspecified atom stereocenters. The van der Waals surface area contributed by atoms with Crippen molar-refractivity contribution in [2.24, 2.45) is 11.3 Å². The Kier molecular flexibility index (Phi) is 18.4. The highest BCUT2D eigenvalue weighted by Gasteiger charge is 2.23. The summed E-state index contributed by atoms with van der Waals surface area (Å²) in [6.07, 6.45) is 7.41. The van der Waals surface area contributed by atoms with Gasteiger partial charge in [-0.2, -0.15) is 0 Å². The first-order valence-corrected chi connectivity index (χ1v) is 13.3. The molecule has 6 heteroatoms. The van der Waals surface area contributed by atoms with E-state index in [-0.39, 0.29) is 16.5 Å². The lowest BCUT2D eigenvalue weighted by atomic mass is 9.81. The van der Waals surface area contributed by atoms with Gasteiger partial charge in [-0.15, -0.1) is 0 Å². The van der Waals surface area contributed by atoms with Gasteiger partial charge >= 0.3 is 0 Å². The van der Waals surface area contributed by atoms with E-state index in [9.17, 15) is 0 Å². The first-order chi connectivity index (χ1) is 15.8. The van der Waals surface area contributed by atoms with Crippen LogP contribution in [-0.4, -0.2) is 77.0 Å². The van der Waals surface area contributed by atoms with Crippen LogP contribution in [-0.2, 0) is 18.9 Å². The van der Waals surface area contributed by atoms with Gasteiger partial charge in [0.05, 0.1) is 39.6 Å². The maximum Gasteiger partial charge on any atom is 0.0701 e. The zero-order valence-electron chi connectivity index (χ0n) is 24.1. The Labute approximate surface area is 211 Å². The quantitative estimate of drug-likeness (QED) is 0.162. The van der Waals surface area contributed by atoms with E-state index in [4.69, 9.17) is 18.9 Å². The van der Waals surface area contributed by atoms with E-state index in [1.54, 1.807) is 0 Å². The summed E-state index contributed by atoms with van der Waals surface area (Å²) in [4.78, 5) is 0. The monoisotopic (exact) mass is 486 g/mol. The molecule has 0 aromatic carbocycles. The van der Waals surface area contributed by atoms with Gasteiger partial charge in [0.2, 0.25) is 0 Å². The highest BCUT2D eigenvalue weighted by Crippen LogP contribution is 2.29. The lowest BCUT2D eigenvalue weighted by Gasteiger charge is -2.32. The summed E-state index contributed by atoms with van der Waals surface area (Å²) in [5.74, 6) is 0.578. The van der Waals surface area contributed by atoms with E-state index < -0.39 is 0 Å². The number of hydrogen-bond donors (Lipinski definition) is 2. The third-order valence-corrected chi connectivity index (χ3v) is 5.52. The van der Waals surface area contributed by atoms with Crippen molar-refractivity contribution in [3.8, 4) is 0 Å². The molecule has 0 bridgehead atoms. The maximum absolute atomic E-state index is 5.80. The van der Waals surface area contributed by atoms with Crippen molar-refractivity contribution in [3.63, 3.8) is 0 Å². The van der Waals surface area contributed by atoms with Gasteiger partial charge in [0.15, 0.2) is 0 Å². The second-order valence-electron chi connectivity index (χ2n) is 12.1. The minimum absolute atomic E-state index is 0.0942. The summed E-state index contributed by atoms with van der Waals surface area (Å²) in [6.45, 7) is 27.4. The molecular weight excluding hydrogens is 428 g/mol. The number of ether oxygens (including phenoxy) is 4. The first-order valence-electron chi connectivity index (χ1n) is 13.3. The Bertz CT molecular complexity index is 499. The fourth-order valence-electron chi connectivity index (χ4n) is 3.15. The average molecular weight is 487 g/mol. The van der Waals surface area contributed by atoms with Gasteiger partial charge in [-0.25, -0.2) is 0 Å². The Hall–Kier alpha value is -0.500. The van der Waals surface area contributed by atoms with Crippen LogP contribution in [0.15, 0.2) is 12.2 Å². The molecule has 0 amide bonds. The molecular formula is C28H58N2O4. The number of hydrogen-bond acceptors (Lipinski definition) is 6. The van der Waals surface area contributed by atoms with Crippen LogP contribution in [0.4, 0.5) is 0 Å². The molecule has 0 heterocycles. The summed E-state index contributed by atoms with van der Waals surface area (Å²) < 4.78 is 22.6. The van der Waals surface area contributed by atoms with Crippen LogP contribution in [0.1, 0.15) is 81.6 Å². The zero-order chi connectivity index (χ0) is 25.9. The molecule has 0 saturated heterocycles. The minimum atomic E-state index is 0.0942. The fraction of sp³-hybridized carbons (Fsp3) is 0.929. The van der Waals surface area contributed by atoms with Crippen LogP contribution in [0, 0.1) is 11.3 Å². The second kappa shape index (κ2) is 18.7. The molecule has 204 valence electrons. The van der Waals surface area contributed by atoms with Crippen LogP contribution in [0.5, 0.6) is 0 Å². The van der Waals surface area contributed by atoms with Crippen molar-refractivity contribution < 1.29 is 18.9 Å². The fourth-order valence-corrected chi connectivity index (χ4v) is 3.15. The van der Waals surface area contributed by atoms with Crippen LogP contribution >= 0.6 is 0 Å². The second-order valence-corrected chi connectivity index (χ2v) is 12.1. The largest absolute Gasteiger partial charge is 0.379 e. The van der Waals surface area contributed by atoms with Crippen molar-refractivity contribution in [2.45, 2.75) is 92.7 Å².